The van der Waals surface area contributed by atoms with Crippen LogP contribution in [0.1, 0.15) is 4.88 Å². The molecular formula is C16H18BrN2OS+. The molecule has 0 spiro atoms. The Labute approximate surface area is 137 Å². The molecule has 1 unspecified atom stereocenters. The summed E-state index contributed by atoms with van der Waals surface area (Å²) in [5.41, 5.74) is 0.833. The van der Waals surface area contributed by atoms with Gasteiger partial charge in [0.15, 0.2) is 6.54 Å². The summed E-state index contributed by atoms with van der Waals surface area (Å²) in [6.45, 7) is 5.79. The van der Waals surface area contributed by atoms with Gasteiger partial charge < -0.3 is 10.2 Å². The second-order valence-corrected chi connectivity index (χ2v) is 7.26. The summed E-state index contributed by atoms with van der Waals surface area (Å²) in [4.78, 5) is 14.6. The third kappa shape index (κ3) is 5.46. The maximum Gasteiger partial charge on any atom is 0.279 e. The van der Waals surface area contributed by atoms with Crippen LogP contribution in [0, 0.1) is 0 Å². The van der Waals surface area contributed by atoms with Crippen molar-refractivity contribution in [3.8, 4) is 0 Å². The second kappa shape index (κ2) is 8.12. The van der Waals surface area contributed by atoms with Crippen LogP contribution in [-0.2, 0) is 11.3 Å². The van der Waals surface area contributed by atoms with E-state index in [9.17, 15) is 4.79 Å². The van der Waals surface area contributed by atoms with Crippen LogP contribution in [0.4, 0.5) is 5.69 Å². The van der Waals surface area contributed by atoms with Gasteiger partial charge in [-0.1, -0.05) is 24.8 Å². The molecule has 1 amide bonds. The second-order valence-electron chi connectivity index (χ2n) is 4.72. The Kier molecular flexibility index (Phi) is 6.17. The van der Waals surface area contributed by atoms with Crippen molar-refractivity contribution >= 4 is 38.9 Å². The molecule has 110 valence electrons. The average Bonchev–Trinajstić information content (AvgIpc) is 2.85. The molecule has 0 aliphatic heterocycles. The van der Waals surface area contributed by atoms with E-state index in [1.54, 1.807) is 11.3 Å². The quantitative estimate of drug-likeness (QED) is 0.726. The first-order valence-corrected chi connectivity index (χ1v) is 8.32. The zero-order chi connectivity index (χ0) is 15.1. The molecule has 0 saturated carbocycles. The molecule has 21 heavy (non-hydrogen) atoms. The molecule has 0 bridgehead atoms. The minimum atomic E-state index is 0.0219. The molecule has 1 atom stereocenters. The molecule has 0 aliphatic carbocycles. The Balaban J connectivity index is 1.92. The Hall–Kier alpha value is -1.43. The lowest BCUT2D eigenvalue weighted by molar-refractivity contribution is -0.899. The number of thiophene rings is 1. The maximum absolute atomic E-state index is 12.1. The van der Waals surface area contributed by atoms with E-state index in [-0.39, 0.29) is 5.91 Å². The molecule has 3 nitrogen and oxygen atoms in total. The van der Waals surface area contributed by atoms with Gasteiger partial charge in [-0.05, 0) is 46.3 Å². The Morgan fingerprint density at radius 1 is 1.29 bits per heavy atom. The molecule has 5 heteroatoms. The van der Waals surface area contributed by atoms with Crippen molar-refractivity contribution in [1.82, 2.24) is 0 Å². The first kappa shape index (κ1) is 15.9. The lowest BCUT2D eigenvalue weighted by atomic mass is 10.3. The van der Waals surface area contributed by atoms with Gasteiger partial charge >= 0.3 is 0 Å². The van der Waals surface area contributed by atoms with Gasteiger partial charge in [-0.3, -0.25) is 4.79 Å². The molecule has 0 saturated heterocycles. The van der Waals surface area contributed by atoms with E-state index in [4.69, 9.17) is 0 Å². The summed E-state index contributed by atoms with van der Waals surface area (Å²) in [5, 5.41) is 2.92. The van der Waals surface area contributed by atoms with Gasteiger partial charge in [0.2, 0.25) is 0 Å². The SMILES string of the molecule is C=CC[NH+](CC(=O)Nc1ccccc1)Cc1ccc(Br)s1. The van der Waals surface area contributed by atoms with Crippen molar-refractivity contribution in [1.29, 1.82) is 0 Å². The summed E-state index contributed by atoms with van der Waals surface area (Å²) >= 11 is 5.17. The van der Waals surface area contributed by atoms with Crippen LogP contribution in [0.15, 0.2) is 58.9 Å². The van der Waals surface area contributed by atoms with Crippen LogP contribution in [-0.4, -0.2) is 19.0 Å². The number of hydrogen-bond acceptors (Lipinski definition) is 2. The van der Waals surface area contributed by atoms with Crippen LogP contribution in [0.3, 0.4) is 0 Å². The number of carbonyl (C=O) groups excluding carboxylic acids is 1. The lowest BCUT2D eigenvalue weighted by Crippen LogP contribution is -3.11. The van der Waals surface area contributed by atoms with Crippen LogP contribution >= 0.6 is 27.3 Å². The Bertz CT molecular complexity index is 597. The highest BCUT2D eigenvalue weighted by Crippen LogP contribution is 2.21. The molecule has 0 aliphatic rings. The standard InChI is InChI=1S/C16H17BrN2OS/c1-2-10-19(11-14-8-9-15(17)21-14)12-16(20)18-13-6-4-3-5-7-13/h2-9H,1,10-12H2,(H,18,20)/p+1. The van der Waals surface area contributed by atoms with E-state index in [2.05, 4.69) is 33.9 Å². The van der Waals surface area contributed by atoms with E-state index in [1.165, 1.54) is 9.78 Å². The van der Waals surface area contributed by atoms with Gasteiger partial charge in [-0.25, -0.2) is 0 Å². The fraction of sp³-hybridized carbons (Fsp3) is 0.188. The number of rotatable bonds is 7. The zero-order valence-corrected chi connectivity index (χ0v) is 14.0. The fourth-order valence-electron chi connectivity index (χ4n) is 2.06. The number of amides is 1. The topological polar surface area (TPSA) is 33.5 Å². The van der Waals surface area contributed by atoms with Crippen molar-refractivity contribution in [2.75, 3.05) is 18.4 Å². The highest BCUT2D eigenvalue weighted by atomic mass is 79.9. The van der Waals surface area contributed by atoms with Crippen molar-refractivity contribution in [3.05, 3.63) is 63.8 Å². The largest absolute Gasteiger partial charge is 0.321 e. The third-order valence-corrected chi connectivity index (χ3v) is 4.58. The molecule has 2 rings (SSSR count). The van der Waals surface area contributed by atoms with Crippen LogP contribution < -0.4 is 10.2 Å². The van der Waals surface area contributed by atoms with E-state index in [0.717, 1.165) is 22.6 Å². The van der Waals surface area contributed by atoms with Gasteiger partial charge in [0.05, 0.1) is 15.2 Å². The summed E-state index contributed by atoms with van der Waals surface area (Å²) in [7, 11) is 0. The molecule has 0 fully saturated rings. The number of para-hydroxylation sites is 1. The Morgan fingerprint density at radius 3 is 2.67 bits per heavy atom. The van der Waals surface area contributed by atoms with Gasteiger partial charge in [-0.2, -0.15) is 0 Å². The van der Waals surface area contributed by atoms with Crippen LogP contribution in [0.5, 0.6) is 0 Å². The number of nitrogens with one attached hydrogen (secondary N) is 2. The van der Waals surface area contributed by atoms with E-state index in [1.807, 2.05) is 42.5 Å². The zero-order valence-electron chi connectivity index (χ0n) is 11.6. The number of carbonyl (C=O) groups is 1. The number of anilines is 1. The average molecular weight is 366 g/mol. The van der Waals surface area contributed by atoms with Gasteiger partial charge in [0.25, 0.3) is 5.91 Å². The molecule has 0 radical (unpaired) electrons. The first-order chi connectivity index (χ1) is 10.2. The number of hydrogen-bond donors (Lipinski definition) is 2. The monoisotopic (exact) mass is 365 g/mol. The summed E-state index contributed by atoms with van der Waals surface area (Å²) in [6, 6.07) is 13.7. The summed E-state index contributed by atoms with van der Waals surface area (Å²) in [6.07, 6.45) is 1.85. The van der Waals surface area contributed by atoms with Crippen molar-refractivity contribution < 1.29 is 9.69 Å². The van der Waals surface area contributed by atoms with Gasteiger partial charge in [0.1, 0.15) is 6.54 Å². The molecule has 2 N–H and O–H groups in total. The highest BCUT2D eigenvalue weighted by molar-refractivity contribution is 9.11. The normalized spacial score (nSPS) is 11.9. The lowest BCUT2D eigenvalue weighted by Gasteiger charge is -2.16. The minimum absolute atomic E-state index is 0.0219. The smallest absolute Gasteiger partial charge is 0.279 e. The fourth-order valence-corrected chi connectivity index (χ4v) is 3.61. The van der Waals surface area contributed by atoms with E-state index in [0.29, 0.717) is 6.54 Å². The molecular weight excluding hydrogens is 348 g/mol. The predicted molar refractivity (Wildman–Crippen MR) is 91.7 cm³/mol. The molecule has 1 aromatic heterocycles. The first-order valence-electron chi connectivity index (χ1n) is 6.71. The van der Waals surface area contributed by atoms with Gasteiger partial charge in [0, 0.05) is 5.69 Å². The Morgan fingerprint density at radius 2 is 2.05 bits per heavy atom. The molecule has 1 heterocycles. The van der Waals surface area contributed by atoms with Crippen molar-refractivity contribution in [2.45, 2.75) is 6.54 Å². The van der Waals surface area contributed by atoms with Crippen LogP contribution in [0.25, 0.3) is 0 Å². The third-order valence-electron chi connectivity index (χ3n) is 2.95. The molecule has 2 aromatic rings. The predicted octanol–water partition coefficient (Wildman–Crippen LogP) is 2.72. The number of quaternary nitrogens is 1. The van der Waals surface area contributed by atoms with Crippen molar-refractivity contribution in [3.63, 3.8) is 0 Å². The van der Waals surface area contributed by atoms with Crippen molar-refractivity contribution in [2.24, 2.45) is 0 Å². The minimum Gasteiger partial charge on any atom is -0.321 e. The van der Waals surface area contributed by atoms with Gasteiger partial charge in [-0.15, -0.1) is 11.3 Å². The maximum atomic E-state index is 12.1. The summed E-state index contributed by atoms with van der Waals surface area (Å²) < 4.78 is 1.11. The highest BCUT2D eigenvalue weighted by Gasteiger charge is 2.14. The number of halogens is 1. The molecule has 1 aromatic carbocycles. The van der Waals surface area contributed by atoms with E-state index >= 15 is 0 Å². The van der Waals surface area contributed by atoms with E-state index < -0.39 is 0 Å². The number of benzene rings is 1. The summed E-state index contributed by atoms with van der Waals surface area (Å²) in [5.74, 6) is 0.0219. The van der Waals surface area contributed by atoms with Crippen LogP contribution in [0.2, 0.25) is 0 Å².